The quantitative estimate of drug-likeness (QED) is 0.600. The Kier molecular flexibility index (Phi) is 2.10. The molecule has 5 nitrogen and oxygen atoms in total. The molecule has 0 atom stereocenters. The third kappa shape index (κ3) is 1.70. The summed E-state index contributed by atoms with van der Waals surface area (Å²) < 4.78 is 0. The van der Waals surface area contributed by atoms with Crippen LogP contribution in [0, 0.1) is 0 Å². The van der Waals surface area contributed by atoms with E-state index in [1.807, 2.05) is 6.92 Å². The fraction of sp³-hybridized carbons (Fsp3) is 0.333. The molecule has 1 heterocycles. The van der Waals surface area contributed by atoms with Gasteiger partial charge in [-0.05, 0) is 6.92 Å². The Bertz CT molecular complexity index is 253. The van der Waals surface area contributed by atoms with Gasteiger partial charge >= 0.3 is 6.03 Å². The minimum atomic E-state index is -0.496. The largest absolute Gasteiger partial charge is 0.365 e. The zero-order valence-corrected chi connectivity index (χ0v) is 6.16. The molecule has 0 aliphatic carbocycles. The van der Waals surface area contributed by atoms with E-state index in [4.69, 9.17) is 0 Å². The number of nitrogens with one attached hydrogen (secondary N) is 1. The predicted octanol–water partition coefficient (Wildman–Crippen LogP) is 1.09. The van der Waals surface area contributed by atoms with Gasteiger partial charge < -0.3 is 0 Å². The van der Waals surface area contributed by atoms with Gasteiger partial charge in [0.1, 0.15) is 5.70 Å². The van der Waals surface area contributed by atoms with Crippen molar-refractivity contribution < 1.29 is 4.79 Å². The lowest BCUT2D eigenvalue weighted by atomic mass is 10.4. The molecule has 1 N–H and O–H groups in total. The SMILES string of the molecule is C=C1N=NC(=O)NC1=NCC. The summed E-state index contributed by atoms with van der Waals surface area (Å²) in [6.07, 6.45) is 0. The van der Waals surface area contributed by atoms with Crippen molar-refractivity contribution in [1.29, 1.82) is 0 Å². The number of azo groups is 1. The highest BCUT2D eigenvalue weighted by Gasteiger charge is 2.12. The fourth-order valence-corrected chi connectivity index (χ4v) is 0.640. The van der Waals surface area contributed by atoms with Crippen LogP contribution in [0.5, 0.6) is 0 Å². The van der Waals surface area contributed by atoms with Crippen LogP contribution in [0.3, 0.4) is 0 Å². The van der Waals surface area contributed by atoms with Crippen LogP contribution >= 0.6 is 0 Å². The van der Waals surface area contributed by atoms with Crippen LogP contribution in [-0.4, -0.2) is 18.4 Å². The fourth-order valence-electron chi connectivity index (χ4n) is 0.640. The van der Waals surface area contributed by atoms with Crippen molar-refractivity contribution in [2.24, 2.45) is 15.2 Å². The van der Waals surface area contributed by atoms with Crippen molar-refractivity contribution in [3.8, 4) is 0 Å². The minimum Gasteiger partial charge on any atom is -0.288 e. The van der Waals surface area contributed by atoms with Crippen molar-refractivity contribution in [3.05, 3.63) is 12.3 Å². The summed E-state index contributed by atoms with van der Waals surface area (Å²) in [5.41, 5.74) is 0.395. The van der Waals surface area contributed by atoms with Gasteiger partial charge in [-0.3, -0.25) is 10.3 Å². The number of hydrogen-bond acceptors (Lipinski definition) is 3. The van der Waals surface area contributed by atoms with Gasteiger partial charge in [-0.2, -0.15) is 0 Å². The maximum atomic E-state index is 10.6. The Morgan fingerprint density at radius 3 is 3.00 bits per heavy atom. The van der Waals surface area contributed by atoms with E-state index in [1.54, 1.807) is 0 Å². The van der Waals surface area contributed by atoms with Gasteiger partial charge in [0.15, 0.2) is 5.84 Å². The molecule has 58 valence electrons. The molecule has 0 aromatic heterocycles. The number of aliphatic imine (C=N–C) groups is 1. The monoisotopic (exact) mass is 152 g/mol. The third-order valence-electron chi connectivity index (χ3n) is 1.08. The average Bonchev–Trinajstić information content (AvgIpc) is 1.98. The lowest BCUT2D eigenvalue weighted by Gasteiger charge is -2.07. The van der Waals surface area contributed by atoms with E-state index in [9.17, 15) is 4.79 Å². The van der Waals surface area contributed by atoms with Crippen LogP contribution in [-0.2, 0) is 0 Å². The van der Waals surface area contributed by atoms with Gasteiger partial charge in [-0.25, -0.2) is 4.79 Å². The third-order valence-corrected chi connectivity index (χ3v) is 1.08. The average molecular weight is 152 g/mol. The molecule has 0 saturated carbocycles. The molecule has 1 aliphatic rings. The maximum Gasteiger partial charge on any atom is 0.365 e. The number of amides is 2. The lowest BCUT2D eigenvalue weighted by Crippen LogP contribution is -2.31. The first kappa shape index (κ1) is 7.59. The first-order chi connectivity index (χ1) is 5.24. The molecule has 0 saturated heterocycles. The molecule has 1 rings (SSSR count). The number of urea groups is 1. The van der Waals surface area contributed by atoms with Crippen molar-refractivity contribution >= 4 is 11.9 Å². The molecule has 11 heavy (non-hydrogen) atoms. The van der Waals surface area contributed by atoms with Crippen molar-refractivity contribution in [1.82, 2.24) is 5.32 Å². The molecule has 0 aromatic carbocycles. The smallest absolute Gasteiger partial charge is 0.288 e. The van der Waals surface area contributed by atoms with Crippen LogP contribution in [0.25, 0.3) is 0 Å². The highest BCUT2D eigenvalue weighted by atomic mass is 16.2. The zero-order chi connectivity index (χ0) is 8.27. The molecule has 0 fully saturated rings. The summed E-state index contributed by atoms with van der Waals surface area (Å²) in [5.74, 6) is 0.410. The van der Waals surface area contributed by atoms with Crippen molar-refractivity contribution in [2.75, 3.05) is 6.54 Å². The molecular formula is C6H8N4O. The Morgan fingerprint density at radius 1 is 1.64 bits per heavy atom. The second-order valence-corrected chi connectivity index (χ2v) is 1.90. The number of rotatable bonds is 1. The molecule has 5 heteroatoms. The van der Waals surface area contributed by atoms with Gasteiger partial charge in [0, 0.05) is 6.54 Å². The second-order valence-electron chi connectivity index (χ2n) is 1.90. The van der Waals surface area contributed by atoms with E-state index < -0.39 is 6.03 Å². The molecule has 1 aliphatic heterocycles. The molecule has 0 bridgehead atoms. The Labute approximate surface area is 63.9 Å². The number of carbonyl (C=O) groups excluding carboxylic acids is 1. The predicted molar refractivity (Wildman–Crippen MR) is 40.5 cm³/mol. The standard InChI is InChI=1S/C6H8N4O/c1-3-7-5-4(2)9-10-6(11)8-5/h2-3H2,1H3,(H,7,8,11). The van der Waals surface area contributed by atoms with E-state index in [2.05, 4.69) is 27.1 Å². The summed E-state index contributed by atoms with van der Waals surface area (Å²) in [7, 11) is 0. The van der Waals surface area contributed by atoms with E-state index in [0.717, 1.165) is 0 Å². The molecule has 2 amide bonds. The summed E-state index contributed by atoms with van der Waals surface area (Å²) >= 11 is 0. The summed E-state index contributed by atoms with van der Waals surface area (Å²) in [6, 6.07) is -0.496. The molecule has 0 aromatic rings. The first-order valence-electron chi connectivity index (χ1n) is 3.20. The molecule has 0 unspecified atom stereocenters. The number of amidine groups is 1. The van der Waals surface area contributed by atoms with Gasteiger partial charge in [0.05, 0.1) is 0 Å². The van der Waals surface area contributed by atoms with Crippen molar-refractivity contribution in [2.45, 2.75) is 6.92 Å². The number of nitrogens with zero attached hydrogens (tertiary/aromatic N) is 3. The van der Waals surface area contributed by atoms with Gasteiger partial charge in [-0.15, -0.1) is 5.11 Å². The summed E-state index contributed by atoms with van der Waals surface area (Å²) in [4.78, 5) is 14.5. The molecular weight excluding hydrogens is 144 g/mol. The number of carbonyl (C=O) groups is 1. The summed E-state index contributed by atoms with van der Waals surface area (Å²) in [5, 5.41) is 9.15. The van der Waals surface area contributed by atoms with Crippen LogP contribution in [0.1, 0.15) is 6.92 Å². The normalized spacial score (nSPS) is 20.6. The van der Waals surface area contributed by atoms with Crippen LogP contribution in [0.4, 0.5) is 4.79 Å². The second kappa shape index (κ2) is 3.05. The topological polar surface area (TPSA) is 66.2 Å². The maximum absolute atomic E-state index is 10.6. The van der Waals surface area contributed by atoms with Crippen LogP contribution in [0.2, 0.25) is 0 Å². The molecule has 0 spiro atoms. The van der Waals surface area contributed by atoms with Gasteiger partial charge in [-0.1, -0.05) is 11.7 Å². The lowest BCUT2D eigenvalue weighted by molar-refractivity contribution is 0.251. The van der Waals surface area contributed by atoms with Crippen LogP contribution < -0.4 is 5.32 Å². The van der Waals surface area contributed by atoms with Gasteiger partial charge in [0.25, 0.3) is 0 Å². The van der Waals surface area contributed by atoms with E-state index >= 15 is 0 Å². The van der Waals surface area contributed by atoms with Gasteiger partial charge in [0.2, 0.25) is 0 Å². The van der Waals surface area contributed by atoms with E-state index in [1.165, 1.54) is 0 Å². The highest BCUT2D eigenvalue weighted by molar-refractivity contribution is 6.08. The zero-order valence-electron chi connectivity index (χ0n) is 6.16. The minimum absolute atomic E-state index is 0.395. The van der Waals surface area contributed by atoms with E-state index in [0.29, 0.717) is 18.1 Å². The number of hydrogen-bond donors (Lipinski definition) is 1. The molecule has 0 radical (unpaired) electrons. The van der Waals surface area contributed by atoms with Crippen LogP contribution in [0.15, 0.2) is 27.5 Å². The Morgan fingerprint density at radius 2 is 2.36 bits per heavy atom. The summed E-state index contributed by atoms with van der Waals surface area (Å²) in [6.45, 7) is 5.99. The highest BCUT2D eigenvalue weighted by Crippen LogP contribution is 2.02. The van der Waals surface area contributed by atoms with E-state index in [-0.39, 0.29) is 0 Å². The Hall–Kier alpha value is -1.52. The Balaban J connectivity index is 2.84. The first-order valence-corrected chi connectivity index (χ1v) is 3.20. The van der Waals surface area contributed by atoms with Crippen molar-refractivity contribution in [3.63, 3.8) is 0 Å².